The Morgan fingerprint density at radius 3 is 2.38 bits per heavy atom. The van der Waals surface area contributed by atoms with Gasteiger partial charge in [0.1, 0.15) is 42.7 Å². The Labute approximate surface area is 340 Å². The molecule has 58 heavy (non-hydrogen) atoms. The van der Waals surface area contributed by atoms with Crippen LogP contribution in [0.1, 0.15) is 99.8 Å². The first-order valence-corrected chi connectivity index (χ1v) is 22.1. The highest BCUT2D eigenvalue weighted by Gasteiger charge is 2.79. The van der Waals surface area contributed by atoms with Crippen LogP contribution in [0.2, 0.25) is 0 Å². The number of hydrogen-bond acceptors (Lipinski definition) is 15. The molecule has 2 bridgehead atoms. The van der Waals surface area contributed by atoms with Crippen LogP contribution in [0.4, 0.5) is 0 Å². The fourth-order valence-electron chi connectivity index (χ4n) is 12.9. The largest absolute Gasteiger partial charge is 0.461 e. The molecule has 0 radical (unpaired) electrons. The van der Waals surface area contributed by atoms with Crippen LogP contribution in [0, 0.1) is 39.4 Å². The Hall–Kier alpha value is -1.58. The van der Waals surface area contributed by atoms with E-state index in [1.54, 1.807) is 13.8 Å². The van der Waals surface area contributed by atoms with E-state index in [0.717, 1.165) is 12.8 Å². The lowest BCUT2D eigenvalue weighted by Crippen LogP contribution is -2.64. The maximum absolute atomic E-state index is 14.0. The molecular weight excluding hydrogens is 781 g/mol. The van der Waals surface area contributed by atoms with E-state index < -0.39 is 118 Å². The van der Waals surface area contributed by atoms with E-state index in [-0.39, 0.29) is 23.2 Å². The molecule has 3 heterocycles. The van der Waals surface area contributed by atoms with Crippen LogP contribution in [-0.2, 0) is 43.1 Å². The summed E-state index contributed by atoms with van der Waals surface area (Å²) in [5.41, 5.74) is -1.54. The molecule has 16 nitrogen and oxygen atoms in total. The molecule has 7 rings (SSSR count). The number of aliphatic hydroxyl groups excluding tert-OH is 5. The molecule has 19 atom stereocenters. The van der Waals surface area contributed by atoms with E-state index in [4.69, 9.17) is 23.7 Å². The number of rotatable bonds is 11. The van der Waals surface area contributed by atoms with Gasteiger partial charge in [0.05, 0.1) is 35.9 Å². The van der Waals surface area contributed by atoms with E-state index in [2.05, 4.69) is 44.5 Å². The van der Waals surface area contributed by atoms with Gasteiger partial charge in [0.15, 0.2) is 12.6 Å². The van der Waals surface area contributed by atoms with E-state index in [1.807, 2.05) is 0 Å². The number of allylic oxidation sites excluding steroid dienone is 2. The molecule has 0 aromatic heterocycles. The highest BCUT2D eigenvalue weighted by atomic mass is 32.3. The lowest BCUT2D eigenvalue weighted by Gasteiger charge is -2.64. The number of carbonyl (C=O) groups excluding carboxylic acids is 1. The van der Waals surface area contributed by atoms with E-state index >= 15 is 0 Å². The van der Waals surface area contributed by atoms with Gasteiger partial charge >= 0.3 is 16.4 Å². The Kier molecular flexibility index (Phi) is 11.5. The van der Waals surface area contributed by atoms with Crippen molar-refractivity contribution in [2.45, 2.75) is 179 Å². The van der Waals surface area contributed by atoms with Gasteiger partial charge < -0.3 is 54.3 Å². The third-order valence-electron chi connectivity index (χ3n) is 16.0. The van der Waals surface area contributed by atoms with Gasteiger partial charge in [-0.2, -0.15) is 8.42 Å². The number of carbonyl (C=O) groups is 1. The van der Waals surface area contributed by atoms with Gasteiger partial charge in [-0.25, -0.2) is 4.18 Å². The van der Waals surface area contributed by atoms with Crippen LogP contribution in [0.15, 0.2) is 23.8 Å². The van der Waals surface area contributed by atoms with Crippen LogP contribution in [-0.4, -0.2) is 135 Å². The van der Waals surface area contributed by atoms with Crippen LogP contribution in [0.25, 0.3) is 0 Å². The second-order valence-electron chi connectivity index (χ2n) is 19.8. The first-order valence-electron chi connectivity index (χ1n) is 20.7. The normalized spacial score (nSPS) is 48.8. The molecule has 3 saturated carbocycles. The molecule has 3 saturated heterocycles. The number of fused-ring (bicyclic) bond motifs is 5. The van der Waals surface area contributed by atoms with E-state index in [0.29, 0.717) is 44.1 Å². The van der Waals surface area contributed by atoms with Crippen molar-refractivity contribution >= 4 is 16.4 Å². The Balaban J connectivity index is 1.13. The maximum atomic E-state index is 14.0. The average Bonchev–Trinajstić information content (AvgIpc) is 3.57. The minimum absolute atomic E-state index is 0.0858. The number of esters is 1. The monoisotopic (exact) mass is 844 g/mol. The van der Waals surface area contributed by atoms with E-state index in [1.165, 1.54) is 12.5 Å². The third-order valence-corrected chi connectivity index (χ3v) is 16.5. The lowest BCUT2D eigenvalue weighted by molar-refractivity contribution is -0.362. The van der Waals surface area contributed by atoms with Crippen LogP contribution < -0.4 is 0 Å². The van der Waals surface area contributed by atoms with Crippen molar-refractivity contribution in [3.8, 4) is 0 Å². The predicted molar refractivity (Wildman–Crippen MR) is 204 cm³/mol. The fraction of sp³-hybridized carbons (Fsp3) is 0.878. The summed E-state index contributed by atoms with van der Waals surface area (Å²) < 4.78 is 67.6. The van der Waals surface area contributed by atoms with Crippen molar-refractivity contribution in [3.63, 3.8) is 0 Å². The van der Waals surface area contributed by atoms with E-state index in [9.17, 15) is 48.4 Å². The second-order valence-corrected chi connectivity index (χ2v) is 20.8. The molecule has 0 amide bonds. The quantitative estimate of drug-likeness (QED) is 0.0894. The summed E-state index contributed by atoms with van der Waals surface area (Å²) in [5, 5.41) is 65.4. The number of aliphatic hydroxyl groups is 6. The predicted octanol–water partition coefficient (Wildman–Crippen LogP) is 2.08. The zero-order valence-corrected chi connectivity index (χ0v) is 35.3. The Morgan fingerprint density at radius 1 is 1.03 bits per heavy atom. The van der Waals surface area contributed by atoms with Crippen molar-refractivity contribution in [2.75, 3.05) is 6.61 Å². The molecule has 330 valence electrons. The summed E-state index contributed by atoms with van der Waals surface area (Å²) in [6.07, 6.45) is -8.46. The fourth-order valence-corrected chi connectivity index (χ4v) is 13.4. The first kappa shape index (κ1) is 44.5. The van der Waals surface area contributed by atoms with Crippen molar-refractivity contribution in [2.24, 2.45) is 39.4 Å². The molecule has 6 fully saturated rings. The third kappa shape index (κ3) is 6.96. The smallest absolute Gasteiger partial charge is 0.397 e. The SMILES string of the molecule is C=C(C)C(O)CC[C@](C)(O)[C@H]1[C@@H]2C[C@@]3(C)C4=CC[C@H]5C(C)(C)[C@@H](O[C@@H]6OC[C@@H](OS(=O)(=O)O)[C@H](O)[C@H]6O[C@@H]6O[C@H](C)[C@@H](O)[C@H](O)[C@H]6O)CC[C@]5(C)[C@@H]4CC[C@]13C(=O)O2. The topological polar surface area (TPSA) is 248 Å². The lowest BCUT2D eigenvalue weighted by atomic mass is 9.40. The summed E-state index contributed by atoms with van der Waals surface area (Å²) in [5.74, 6) is -0.449. The minimum Gasteiger partial charge on any atom is -0.461 e. The molecule has 17 heteroatoms. The van der Waals surface area contributed by atoms with Crippen molar-refractivity contribution < 1.29 is 76.3 Å². The maximum Gasteiger partial charge on any atom is 0.397 e. The van der Waals surface area contributed by atoms with Crippen molar-refractivity contribution in [1.29, 1.82) is 0 Å². The summed E-state index contributed by atoms with van der Waals surface area (Å²) in [7, 11) is -5.02. The van der Waals surface area contributed by atoms with Gasteiger partial charge in [-0.1, -0.05) is 51.5 Å². The van der Waals surface area contributed by atoms with Crippen LogP contribution in [0.3, 0.4) is 0 Å². The molecular formula is C41H64O16S. The first-order chi connectivity index (χ1) is 26.8. The summed E-state index contributed by atoms with van der Waals surface area (Å²) in [6.45, 7) is 17.1. The molecule has 7 aliphatic rings. The van der Waals surface area contributed by atoms with Gasteiger partial charge in [-0.3, -0.25) is 9.35 Å². The second kappa shape index (κ2) is 15.1. The van der Waals surface area contributed by atoms with Gasteiger partial charge in [0.25, 0.3) is 0 Å². The zero-order chi connectivity index (χ0) is 42.7. The number of hydrogen-bond donors (Lipinski definition) is 7. The van der Waals surface area contributed by atoms with Crippen molar-refractivity contribution in [3.05, 3.63) is 23.8 Å². The Morgan fingerprint density at radius 2 is 1.72 bits per heavy atom. The standard InChI is InChI=1S/C41H64O16S/c1-19(2)23(42)12-15-40(8,48)33-24-17-39(7)22-9-10-26-37(4,5)27(13-14-38(26,6)21(22)11-16-41(33,39)36(47)54-24)55-35-32(29(44)25(18-52-35)57-58(49,50)51)56-34-31(46)30(45)28(43)20(3)53-34/h9,20-21,23-35,42-46,48H,1,10-18H2,2-8H3,(H,49,50,51)/t20-,21-,23?,24+,25-,26+,27+,28-,29+,30+,31-,32-,33-,34+,35+,38-,39+,40+,41-/m1/s1. The summed E-state index contributed by atoms with van der Waals surface area (Å²) in [6, 6.07) is 0. The van der Waals surface area contributed by atoms with Gasteiger partial charge in [0, 0.05) is 11.3 Å². The molecule has 0 aromatic carbocycles. The van der Waals surface area contributed by atoms with Gasteiger partial charge in [0.2, 0.25) is 0 Å². The minimum atomic E-state index is -5.02. The highest BCUT2D eigenvalue weighted by Crippen LogP contribution is 2.76. The van der Waals surface area contributed by atoms with Crippen molar-refractivity contribution in [1.82, 2.24) is 0 Å². The van der Waals surface area contributed by atoms with Crippen LogP contribution in [0.5, 0.6) is 0 Å². The molecule has 7 N–H and O–H groups in total. The van der Waals surface area contributed by atoms with Gasteiger partial charge in [-0.05, 0) is 94.8 Å². The molecule has 1 unspecified atom stereocenters. The van der Waals surface area contributed by atoms with Gasteiger partial charge in [-0.15, -0.1) is 0 Å². The Bertz CT molecular complexity index is 1750. The molecule has 1 spiro atoms. The highest BCUT2D eigenvalue weighted by molar-refractivity contribution is 7.80. The summed E-state index contributed by atoms with van der Waals surface area (Å²) >= 11 is 0. The average molecular weight is 845 g/mol. The molecule has 0 aromatic rings. The molecule has 4 aliphatic carbocycles. The summed E-state index contributed by atoms with van der Waals surface area (Å²) in [4.78, 5) is 14.0. The van der Waals surface area contributed by atoms with Crippen LogP contribution >= 0.6 is 0 Å². The zero-order valence-electron chi connectivity index (χ0n) is 34.5. The molecule has 3 aliphatic heterocycles. The number of ether oxygens (including phenoxy) is 5.